The number of nitriles is 1. The molecule has 0 aliphatic heterocycles. The van der Waals surface area contributed by atoms with Crippen molar-refractivity contribution in [1.82, 2.24) is 4.98 Å². The van der Waals surface area contributed by atoms with Gasteiger partial charge >= 0.3 is 0 Å². The van der Waals surface area contributed by atoms with Crippen molar-refractivity contribution in [3.05, 3.63) is 47.7 Å². The van der Waals surface area contributed by atoms with E-state index in [2.05, 4.69) is 30.2 Å². The number of hydrogen-bond donors (Lipinski definition) is 2. The minimum atomic E-state index is -3.76. The van der Waals surface area contributed by atoms with Crippen LogP contribution >= 0.6 is 11.8 Å². The molecular weight excluding hydrogens is 396 g/mol. The highest BCUT2D eigenvalue weighted by atomic mass is 32.2. The van der Waals surface area contributed by atoms with E-state index in [0.29, 0.717) is 27.9 Å². The van der Waals surface area contributed by atoms with Gasteiger partial charge in [-0.3, -0.25) is 4.79 Å². The van der Waals surface area contributed by atoms with Crippen molar-refractivity contribution in [3.8, 4) is 6.07 Å². The van der Waals surface area contributed by atoms with Crippen LogP contribution in [-0.2, 0) is 21.2 Å². The average Bonchev–Trinajstić information content (AvgIpc) is 2.61. The van der Waals surface area contributed by atoms with Gasteiger partial charge < -0.3 is 5.32 Å². The monoisotopic (exact) mass is 418 g/mol. The van der Waals surface area contributed by atoms with Crippen molar-refractivity contribution in [1.29, 1.82) is 5.26 Å². The molecule has 9 heteroatoms. The fourth-order valence-corrected chi connectivity index (χ4v) is 3.84. The second kappa shape index (κ2) is 9.68. The Kier molecular flexibility index (Phi) is 7.57. The van der Waals surface area contributed by atoms with Gasteiger partial charge in [0.1, 0.15) is 11.1 Å². The highest BCUT2D eigenvalue weighted by molar-refractivity contribution is 7.99. The SMILES string of the molecule is CC(C)Cc1ccc(C#N)c(SCCC(=O)Nc2ccc(S(N)(=O)=O)cc2)n1. The van der Waals surface area contributed by atoms with Crippen molar-refractivity contribution in [2.45, 2.75) is 36.6 Å². The first-order valence-corrected chi connectivity index (χ1v) is 11.2. The summed E-state index contributed by atoms with van der Waals surface area (Å²) in [5.74, 6) is 0.714. The molecule has 0 aliphatic carbocycles. The molecule has 7 nitrogen and oxygen atoms in total. The van der Waals surface area contributed by atoms with Crippen LogP contribution in [0, 0.1) is 17.2 Å². The number of primary sulfonamides is 1. The molecule has 1 aromatic heterocycles. The van der Waals surface area contributed by atoms with E-state index in [1.54, 1.807) is 6.07 Å². The van der Waals surface area contributed by atoms with E-state index in [4.69, 9.17) is 5.14 Å². The van der Waals surface area contributed by atoms with E-state index in [-0.39, 0.29) is 17.2 Å². The number of nitrogens with one attached hydrogen (secondary N) is 1. The van der Waals surface area contributed by atoms with Crippen molar-refractivity contribution in [2.75, 3.05) is 11.1 Å². The maximum absolute atomic E-state index is 12.1. The number of thioether (sulfide) groups is 1. The number of carbonyl (C=O) groups excluding carboxylic acids is 1. The highest BCUT2D eigenvalue weighted by Crippen LogP contribution is 2.22. The van der Waals surface area contributed by atoms with Crippen molar-refractivity contribution in [2.24, 2.45) is 11.1 Å². The fourth-order valence-electron chi connectivity index (χ4n) is 2.40. The van der Waals surface area contributed by atoms with E-state index in [0.717, 1.165) is 12.1 Å². The zero-order chi connectivity index (χ0) is 20.7. The van der Waals surface area contributed by atoms with Crippen molar-refractivity contribution >= 4 is 33.4 Å². The molecule has 0 atom stereocenters. The van der Waals surface area contributed by atoms with Crippen LogP contribution in [0.4, 0.5) is 5.69 Å². The molecule has 28 heavy (non-hydrogen) atoms. The van der Waals surface area contributed by atoms with Gasteiger partial charge in [0.05, 0.1) is 10.5 Å². The summed E-state index contributed by atoms with van der Waals surface area (Å²) in [7, 11) is -3.76. The predicted octanol–water partition coefficient (Wildman–Crippen LogP) is 2.92. The Morgan fingerprint density at radius 1 is 1.25 bits per heavy atom. The molecule has 2 rings (SSSR count). The van der Waals surface area contributed by atoms with Crippen LogP contribution in [0.15, 0.2) is 46.3 Å². The summed E-state index contributed by atoms with van der Waals surface area (Å²) in [5.41, 5.74) is 1.91. The molecule has 1 amide bonds. The standard InChI is InChI=1S/C19H22N4O3S2/c1-13(2)11-16-4-3-14(12-20)19(23-16)27-10-9-18(24)22-15-5-7-17(8-6-15)28(21,25)26/h3-8,13H,9-11H2,1-2H3,(H,22,24)(H2,21,25,26). The Balaban J connectivity index is 1.92. The van der Waals surface area contributed by atoms with E-state index in [1.165, 1.54) is 36.0 Å². The normalized spacial score (nSPS) is 11.2. The van der Waals surface area contributed by atoms with Gasteiger partial charge in [0.2, 0.25) is 15.9 Å². The van der Waals surface area contributed by atoms with Gasteiger partial charge in [0.15, 0.2) is 0 Å². The third-order valence-electron chi connectivity index (χ3n) is 3.69. The number of benzene rings is 1. The Bertz CT molecular complexity index is 981. The Morgan fingerprint density at radius 3 is 2.50 bits per heavy atom. The minimum Gasteiger partial charge on any atom is -0.326 e. The molecule has 148 valence electrons. The topological polar surface area (TPSA) is 126 Å². The number of carbonyl (C=O) groups is 1. The lowest BCUT2D eigenvalue weighted by molar-refractivity contribution is -0.115. The number of amides is 1. The smallest absolute Gasteiger partial charge is 0.238 e. The third kappa shape index (κ3) is 6.64. The average molecular weight is 419 g/mol. The quantitative estimate of drug-likeness (QED) is 0.635. The second-order valence-electron chi connectivity index (χ2n) is 6.58. The molecular formula is C19H22N4O3S2. The summed E-state index contributed by atoms with van der Waals surface area (Å²) >= 11 is 1.37. The van der Waals surface area contributed by atoms with Gasteiger partial charge in [-0.1, -0.05) is 13.8 Å². The molecule has 2 aromatic rings. The number of sulfonamides is 1. The van der Waals surface area contributed by atoms with Gasteiger partial charge in [-0.05, 0) is 48.7 Å². The molecule has 3 N–H and O–H groups in total. The Labute approximate surface area is 169 Å². The zero-order valence-electron chi connectivity index (χ0n) is 15.7. The predicted molar refractivity (Wildman–Crippen MR) is 109 cm³/mol. The zero-order valence-corrected chi connectivity index (χ0v) is 17.3. The fraction of sp³-hybridized carbons (Fsp3) is 0.316. The number of anilines is 1. The maximum atomic E-state index is 12.1. The highest BCUT2D eigenvalue weighted by Gasteiger charge is 2.11. The lowest BCUT2D eigenvalue weighted by Gasteiger charge is -2.09. The van der Waals surface area contributed by atoms with E-state index >= 15 is 0 Å². The van der Waals surface area contributed by atoms with E-state index < -0.39 is 10.0 Å². The number of rotatable bonds is 8. The summed E-state index contributed by atoms with van der Waals surface area (Å²) in [5, 5.41) is 17.6. The van der Waals surface area contributed by atoms with E-state index in [9.17, 15) is 18.5 Å². The lowest BCUT2D eigenvalue weighted by atomic mass is 10.1. The maximum Gasteiger partial charge on any atom is 0.238 e. The molecule has 0 fully saturated rings. The van der Waals surface area contributed by atoms with Gasteiger partial charge in [-0.25, -0.2) is 18.5 Å². The van der Waals surface area contributed by atoms with Crippen molar-refractivity contribution < 1.29 is 13.2 Å². The van der Waals surface area contributed by atoms with Crippen LogP contribution in [0.5, 0.6) is 0 Å². The summed E-state index contributed by atoms with van der Waals surface area (Å²) in [4.78, 5) is 16.6. The molecule has 1 aromatic carbocycles. The summed E-state index contributed by atoms with van der Waals surface area (Å²) in [6, 6.07) is 11.4. The number of nitrogens with two attached hydrogens (primary N) is 1. The molecule has 0 saturated carbocycles. The second-order valence-corrected chi connectivity index (χ2v) is 9.23. The first-order chi connectivity index (χ1) is 13.2. The molecule has 0 spiro atoms. The van der Waals surface area contributed by atoms with Crippen LogP contribution in [-0.4, -0.2) is 25.1 Å². The van der Waals surface area contributed by atoms with Crippen LogP contribution in [0.25, 0.3) is 0 Å². The summed E-state index contributed by atoms with van der Waals surface area (Å²) < 4.78 is 22.5. The number of hydrogen-bond acceptors (Lipinski definition) is 6. The molecule has 0 radical (unpaired) electrons. The number of nitrogens with zero attached hydrogens (tertiary/aromatic N) is 2. The third-order valence-corrected chi connectivity index (χ3v) is 5.61. The Morgan fingerprint density at radius 2 is 1.93 bits per heavy atom. The summed E-state index contributed by atoms with van der Waals surface area (Å²) in [6.45, 7) is 4.21. The summed E-state index contributed by atoms with van der Waals surface area (Å²) in [6.07, 6.45) is 1.05. The van der Waals surface area contributed by atoms with Crippen LogP contribution in [0.3, 0.4) is 0 Å². The largest absolute Gasteiger partial charge is 0.326 e. The van der Waals surface area contributed by atoms with Crippen LogP contribution < -0.4 is 10.5 Å². The van der Waals surface area contributed by atoms with Crippen LogP contribution in [0.2, 0.25) is 0 Å². The van der Waals surface area contributed by atoms with E-state index in [1.807, 2.05) is 6.07 Å². The molecule has 0 unspecified atom stereocenters. The molecule has 1 heterocycles. The van der Waals surface area contributed by atoms with Gasteiger partial charge in [-0.2, -0.15) is 5.26 Å². The minimum absolute atomic E-state index is 0.0163. The van der Waals surface area contributed by atoms with Gasteiger partial charge in [0, 0.05) is 23.6 Å². The van der Waals surface area contributed by atoms with Crippen LogP contribution in [0.1, 0.15) is 31.5 Å². The van der Waals surface area contributed by atoms with Gasteiger partial charge in [-0.15, -0.1) is 11.8 Å². The number of aromatic nitrogens is 1. The van der Waals surface area contributed by atoms with Gasteiger partial charge in [0.25, 0.3) is 0 Å². The number of pyridine rings is 1. The molecule has 0 saturated heterocycles. The van der Waals surface area contributed by atoms with Crippen molar-refractivity contribution in [3.63, 3.8) is 0 Å². The lowest BCUT2D eigenvalue weighted by Crippen LogP contribution is -2.14. The first kappa shape index (κ1) is 21.9. The first-order valence-electron chi connectivity index (χ1n) is 8.64. The Hall–Kier alpha value is -2.41. The molecule has 0 aliphatic rings. The molecule has 0 bridgehead atoms.